The molecule has 2 unspecified atom stereocenters. The molecule has 0 radical (unpaired) electrons. The van der Waals surface area contributed by atoms with Crippen LogP contribution in [0.2, 0.25) is 0 Å². The van der Waals surface area contributed by atoms with Gasteiger partial charge in [0.2, 0.25) is 0 Å². The Kier molecular flexibility index (Phi) is 7.01. The molecular formula is C13H28N2O. The maximum atomic E-state index is 5.83. The second-order valence-corrected chi connectivity index (χ2v) is 4.88. The third-order valence-electron chi connectivity index (χ3n) is 3.43. The highest BCUT2D eigenvalue weighted by Crippen LogP contribution is 2.36. The molecule has 0 spiro atoms. The number of nitrogens with two attached hydrogens (primary N) is 1. The number of hydrogen-bond acceptors (Lipinski definition) is 3. The average molecular weight is 228 g/mol. The lowest BCUT2D eigenvalue weighted by atomic mass is 10.00. The van der Waals surface area contributed by atoms with Crippen LogP contribution in [0.15, 0.2) is 0 Å². The van der Waals surface area contributed by atoms with Gasteiger partial charge in [0.05, 0.1) is 6.10 Å². The van der Waals surface area contributed by atoms with Crippen molar-refractivity contribution in [2.24, 2.45) is 11.8 Å². The first kappa shape index (κ1) is 13.9. The number of unbranched alkanes of at least 4 members (excludes halogenated alkanes) is 3. The summed E-state index contributed by atoms with van der Waals surface area (Å²) in [5, 5.41) is 0. The zero-order valence-corrected chi connectivity index (χ0v) is 10.9. The van der Waals surface area contributed by atoms with Crippen molar-refractivity contribution in [3.05, 3.63) is 0 Å². The highest BCUT2D eigenvalue weighted by Gasteiger charge is 2.36. The lowest BCUT2D eigenvalue weighted by molar-refractivity contribution is 0.0163. The number of hydrazine groups is 1. The minimum Gasteiger partial charge on any atom is -0.377 e. The van der Waals surface area contributed by atoms with Gasteiger partial charge in [-0.3, -0.25) is 11.3 Å². The molecule has 1 saturated carbocycles. The molecule has 1 fully saturated rings. The van der Waals surface area contributed by atoms with Gasteiger partial charge in [-0.15, -0.1) is 0 Å². The lowest BCUT2D eigenvalue weighted by Crippen LogP contribution is -2.46. The summed E-state index contributed by atoms with van der Waals surface area (Å²) in [6.45, 7) is 5.11. The summed E-state index contributed by atoms with van der Waals surface area (Å²) in [6.07, 6.45) is 9.33. The van der Waals surface area contributed by atoms with Gasteiger partial charge in [-0.25, -0.2) is 0 Å². The van der Waals surface area contributed by atoms with Gasteiger partial charge in [0.25, 0.3) is 0 Å². The van der Waals surface area contributed by atoms with E-state index in [4.69, 9.17) is 10.6 Å². The van der Waals surface area contributed by atoms with Crippen molar-refractivity contribution in [1.29, 1.82) is 0 Å². The number of ether oxygens (including phenoxy) is 1. The molecule has 96 valence electrons. The third-order valence-corrected chi connectivity index (χ3v) is 3.43. The lowest BCUT2D eigenvalue weighted by Gasteiger charge is -2.26. The fourth-order valence-electron chi connectivity index (χ4n) is 2.33. The summed E-state index contributed by atoms with van der Waals surface area (Å²) < 4.78 is 5.83. The van der Waals surface area contributed by atoms with Crippen molar-refractivity contribution in [2.75, 3.05) is 6.61 Å². The second kappa shape index (κ2) is 8.04. The maximum absolute atomic E-state index is 5.83. The first-order valence-electron chi connectivity index (χ1n) is 6.91. The van der Waals surface area contributed by atoms with Crippen LogP contribution >= 0.6 is 0 Å². The SMILES string of the molecule is CCCCCCC(NN)C(OCC)C1CC1. The van der Waals surface area contributed by atoms with Gasteiger partial charge in [-0.2, -0.15) is 0 Å². The Labute approximate surface area is 100 Å². The Morgan fingerprint density at radius 3 is 2.50 bits per heavy atom. The van der Waals surface area contributed by atoms with Crippen molar-refractivity contribution < 1.29 is 4.74 Å². The van der Waals surface area contributed by atoms with E-state index < -0.39 is 0 Å². The van der Waals surface area contributed by atoms with Gasteiger partial charge in [-0.05, 0) is 32.1 Å². The Morgan fingerprint density at radius 1 is 1.25 bits per heavy atom. The predicted molar refractivity (Wildman–Crippen MR) is 68.0 cm³/mol. The molecule has 0 aromatic rings. The van der Waals surface area contributed by atoms with E-state index in [2.05, 4.69) is 19.3 Å². The molecule has 0 heterocycles. The molecule has 1 aliphatic carbocycles. The van der Waals surface area contributed by atoms with Crippen LogP contribution in [-0.4, -0.2) is 18.8 Å². The molecule has 0 aromatic heterocycles. The topological polar surface area (TPSA) is 47.3 Å². The molecule has 0 aromatic carbocycles. The van der Waals surface area contributed by atoms with Crippen molar-refractivity contribution in [3.63, 3.8) is 0 Å². The van der Waals surface area contributed by atoms with E-state index >= 15 is 0 Å². The number of nitrogens with one attached hydrogen (secondary N) is 1. The molecule has 2 atom stereocenters. The summed E-state index contributed by atoms with van der Waals surface area (Å²) in [6, 6.07) is 0.351. The van der Waals surface area contributed by atoms with Crippen LogP contribution in [0.4, 0.5) is 0 Å². The molecule has 3 heteroatoms. The van der Waals surface area contributed by atoms with Crippen molar-refractivity contribution >= 4 is 0 Å². The first-order valence-corrected chi connectivity index (χ1v) is 6.91. The standard InChI is InChI=1S/C13H28N2O/c1-3-5-6-7-8-12(15-14)13(16-4-2)11-9-10-11/h11-13,15H,3-10,14H2,1-2H3. The van der Waals surface area contributed by atoms with E-state index in [0.29, 0.717) is 12.1 Å². The number of hydrogen-bond donors (Lipinski definition) is 2. The molecule has 0 bridgehead atoms. The van der Waals surface area contributed by atoms with Crippen LogP contribution in [-0.2, 0) is 4.74 Å². The maximum Gasteiger partial charge on any atom is 0.0769 e. The minimum absolute atomic E-state index is 0.344. The van der Waals surface area contributed by atoms with Gasteiger partial charge in [0.15, 0.2) is 0 Å². The first-order chi connectivity index (χ1) is 7.83. The Balaban J connectivity index is 2.25. The van der Waals surface area contributed by atoms with Crippen molar-refractivity contribution in [2.45, 2.75) is 70.9 Å². The van der Waals surface area contributed by atoms with E-state index in [1.807, 2.05) is 0 Å². The molecular weight excluding hydrogens is 200 g/mol. The van der Waals surface area contributed by atoms with Gasteiger partial charge in [0, 0.05) is 12.6 Å². The minimum atomic E-state index is 0.344. The van der Waals surface area contributed by atoms with Gasteiger partial charge in [-0.1, -0.05) is 32.6 Å². The molecule has 1 rings (SSSR count). The third kappa shape index (κ3) is 4.81. The molecule has 16 heavy (non-hydrogen) atoms. The summed E-state index contributed by atoms with van der Waals surface area (Å²) in [7, 11) is 0. The van der Waals surface area contributed by atoms with Crippen LogP contribution in [0.25, 0.3) is 0 Å². The van der Waals surface area contributed by atoms with E-state index in [0.717, 1.165) is 18.9 Å². The van der Waals surface area contributed by atoms with Gasteiger partial charge < -0.3 is 4.74 Å². The molecule has 3 N–H and O–H groups in total. The van der Waals surface area contributed by atoms with E-state index in [1.54, 1.807) is 0 Å². The fourth-order valence-corrected chi connectivity index (χ4v) is 2.33. The van der Waals surface area contributed by atoms with Crippen molar-refractivity contribution in [3.8, 4) is 0 Å². The van der Waals surface area contributed by atoms with E-state index in [9.17, 15) is 0 Å². The van der Waals surface area contributed by atoms with E-state index in [-0.39, 0.29) is 0 Å². The largest absolute Gasteiger partial charge is 0.377 e. The molecule has 3 nitrogen and oxygen atoms in total. The Bertz CT molecular complexity index is 171. The van der Waals surface area contributed by atoms with Crippen LogP contribution in [0.3, 0.4) is 0 Å². The summed E-state index contributed by atoms with van der Waals surface area (Å²) >= 11 is 0. The molecule has 0 amide bonds. The van der Waals surface area contributed by atoms with Crippen LogP contribution in [0.5, 0.6) is 0 Å². The Hall–Kier alpha value is -0.120. The average Bonchev–Trinajstić information content (AvgIpc) is 3.11. The Morgan fingerprint density at radius 2 is 2.00 bits per heavy atom. The van der Waals surface area contributed by atoms with Gasteiger partial charge in [0.1, 0.15) is 0 Å². The molecule has 0 saturated heterocycles. The molecule has 0 aliphatic heterocycles. The van der Waals surface area contributed by atoms with Crippen LogP contribution in [0, 0.1) is 5.92 Å². The monoisotopic (exact) mass is 228 g/mol. The zero-order valence-electron chi connectivity index (χ0n) is 10.9. The summed E-state index contributed by atoms with van der Waals surface area (Å²) in [4.78, 5) is 0. The second-order valence-electron chi connectivity index (χ2n) is 4.88. The quantitative estimate of drug-likeness (QED) is 0.343. The molecule has 1 aliphatic rings. The highest BCUT2D eigenvalue weighted by atomic mass is 16.5. The van der Waals surface area contributed by atoms with Crippen molar-refractivity contribution in [1.82, 2.24) is 5.43 Å². The number of rotatable bonds is 10. The highest BCUT2D eigenvalue weighted by molar-refractivity contribution is 4.89. The van der Waals surface area contributed by atoms with Crippen LogP contribution < -0.4 is 11.3 Å². The smallest absolute Gasteiger partial charge is 0.0769 e. The van der Waals surface area contributed by atoms with E-state index in [1.165, 1.54) is 38.5 Å². The summed E-state index contributed by atoms with van der Waals surface area (Å²) in [5.41, 5.74) is 2.96. The van der Waals surface area contributed by atoms with Crippen LogP contribution in [0.1, 0.15) is 58.8 Å². The summed E-state index contributed by atoms with van der Waals surface area (Å²) in [5.74, 6) is 6.41. The van der Waals surface area contributed by atoms with Gasteiger partial charge >= 0.3 is 0 Å². The normalized spacial score (nSPS) is 19.7. The fraction of sp³-hybridized carbons (Fsp3) is 1.00. The zero-order chi connectivity index (χ0) is 11.8. The predicted octanol–water partition coefficient (Wildman–Crippen LogP) is 2.60.